The SMILES string of the molecule is CC1(COc2ccn3c(-c4ccc5cccc(OS(=O)(=O)C(F)(F)F)c5n4)cnc3c2)COC1. The summed E-state index contributed by atoms with van der Waals surface area (Å²) in [7, 11) is -5.84. The normalized spacial score (nSPS) is 15.9. The van der Waals surface area contributed by atoms with Crippen molar-refractivity contribution in [3.8, 4) is 22.9 Å². The van der Waals surface area contributed by atoms with Crippen molar-refractivity contribution in [2.75, 3.05) is 19.8 Å². The monoisotopic (exact) mass is 493 g/mol. The molecule has 0 saturated carbocycles. The Morgan fingerprint density at radius 3 is 2.68 bits per heavy atom. The molecule has 5 rings (SSSR count). The Morgan fingerprint density at radius 1 is 1.18 bits per heavy atom. The molecule has 4 aromatic rings. The van der Waals surface area contributed by atoms with E-state index >= 15 is 0 Å². The lowest BCUT2D eigenvalue weighted by Gasteiger charge is -2.37. The molecule has 8 nitrogen and oxygen atoms in total. The number of hydrogen-bond donors (Lipinski definition) is 0. The predicted molar refractivity (Wildman–Crippen MR) is 116 cm³/mol. The number of hydrogen-bond acceptors (Lipinski definition) is 7. The first kappa shape index (κ1) is 22.4. The standard InChI is InChI=1S/C22H18F3N3O5S/c1-21(11-31-12-21)13-32-15-7-8-28-17(10-26-19(28)9-15)16-6-5-14-3-2-4-18(20(14)27-16)33-34(29,30)22(23,24)25/h2-10H,11-13H2,1H3. The van der Waals surface area contributed by atoms with Gasteiger partial charge in [-0.05, 0) is 18.2 Å². The number of alkyl halides is 3. The number of imidazole rings is 1. The van der Waals surface area contributed by atoms with Gasteiger partial charge in [-0.1, -0.05) is 25.1 Å². The van der Waals surface area contributed by atoms with Crippen molar-refractivity contribution < 1.29 is 35.2 Å². The Labute approximate surface area is 192 Å². The van der Waals surface area contributed by atoms with E-state index in [2.05, 4.69) is 21.1 Å². The van der Waals surface area contributed by atoms with Gasteiger partial charge in [0.2, 0.25) is 0 Å². The molecule has 1 saturated heterocycles. The number of nitrogens with zero attached hydrogens (tertiary/aromatic N) is 3. The molecule has 34 heavy (non-hydrogen) atoms. The topological polar surface area (TPSA) is 92.0 Å². The van der Waals surface area contributed by atoms with Gasteiger partial charge in [-0.25, -0.2) is 9.97 Å². The molecule has 4 heterocycles. The lowest BCUT2D eigenvalue weighted by Crippen LogP contribution is -2.44. The van der Waals surface area contributed by atoms with E-state index in [0.717, 1.165) is 6.07 Å². The highest BCUT2D eigenvalue weighted by atomic mass is 32.2. The van der Waals surface area contributed by atoms with Crippen molar-refractivity contribution in [3.63, 3.8) is 0 Å². The summed E-state index contributed by atoms with van der Waals surface area (Å²) in [6, 6.07) is 10.9. The minimum Gasteiger partial charge on any atom is -0.493 e. The second-order valence-corrected chi connectivity index (χ2v) is 9.87. The zero-order valence-electron chi connectivity index (χ0n) is 17.7. The van der Waals surface area contributed by atoms with Crippen LogP contribution in [0.3, 0.4) is 0 Å². The van der Waals surface area contributed by atoms with Gasteiger partial charge in [0.05, 0.1) is 37.4 Å². The van der Waals surface area contributed by atoms with E-state index in [1.807, 2.05) is 0 Å². The smallest absolute Gasteiger partial charge is 0.493 e. The Morgan fingerprint density at radius 2 is 1.97 bits per heavy atom. The minimum absolute atomic E-state index is 0.0128. The number of ether oxygens (including phenoxy) is 2. The maximum Gasteiger partial charge on any atom is 0.534 e. The van der Waals surface area contributed by atoms with Crippen LogP contribution in [0.25, 0.3) is 27.9 Å². The van der Waals surface area contributed by atoms with Gasteiger partial charge in [0.25, 0.3) is 0 Å². The summed E-state index contributed by atoms with van der Waals surface area (Å²) in [6.07, 6.45) is 3.30. The molecule has 0 N–H and O–H groups in total. The van der Waals surface area contributed by atoms with Crippen LogP contribution in [0.5, 0.6) is 11.5 Å². The fourth-order valence-corrected chi connectivity index (χ4v) is 3.99. The van der Waals surface area contributed by atoms with Crippen molar-refractivity contribution in [2.45, 2.75) is 12.4 Å². The fraction of sp³-hybridized carbons (Fsp3) is 0.273. The maximum absolute atomic E-state index is 12.8. The van der Waals surface area contributed by atoms with Crippen LogP contribution in [-0.2, 0) is 14.9 Å². The summed E-state index contributed by atoms with van der Waals surface area (Å²) >= 11 is 0. The van der Waals surface area contributed by atoms with Crippen molar-refractivity contribution in [1.29, 1.82) is 0 Å². The lowest BCUT2D eigenvalue weighted by atomic mass is 9.90. The Kier molecular flexibility index (Phi) is 5.17. The van der Waals surface area contributed by atoms with Gasteiger partial charge in [-0.3, -0.25) is 4.40 Å². The number of fused-ring (bicyclic) bond motifs is 2. The van der Waals surface area contributed by atoms with Crippen LogP contribution in [0.4, 0.5) is 13.2 Å². The second-order valence-electron chi connectivity index (χ2n) is 8.33. The molecule has 0 atom stereocenters. The number of pyridine rings is 2. The van der Waals surface area contributed by atoms with Crippen molar-refractivity contribution in [1.82, 2.24) is 14.4 Å². The van der Waals surface area contributed by atoms with Crippen LogP contribution in [0, 0.1) is 5.41 Å². The molecule has 0 radical (unpaired) electrons. The zero-order valence-corrected chi connectivity index (χ0v) is 18.6. The molecule has 1 aliphatic rings. The molecular formula is C22H18F3N3O5S. The summed E-state index contributed by atoms with van der Waals surface area (Å²) in [5.74, 6) is 0.118. The van der Waals surface area contributed by atoms with Gasteiger partial charge in [0.15, 0.2) is 5.75 Å². The molecule has 0 spiro atoms. The Balaban J connectivity index is 1.48. The third kappa shape index (κ3) is 4.03. The first-order chi connectivity index (χ1) is 16.0. The molecule has 12 heteroatoms. The van der Waals surface area contributed by atoms with Crippen LogP contribution in [0.2, 0.25) is 0 Å². The quantitative estimate of drug-likeness (QED) is 0.294. The van der Waals surface area contributed by atoms with E-state index in [-0.39, 0.29) is 10.9 Å². The van der Waals surface area contributed by atoms with Crippen molar-refractivity contribution in [3.05, 3.63) is 54.9 Å². The molecular weight excluding hydrogens is 475 g/mol. The van der Waals surface area contributed by atoms with Gasteiger partial charge in [-0.2, -0.15) is 21.6 Å². The van der Waals surface area contributed by atoms with Crippen LogP contribution in [0.1, 0.15) is 6.92 Å². The third-order valence-electron chi connectivity index (χ3n) is 5.40. The molecule has 0 unspecified atom stereocenters. The highest BCUT2D eigenvalue weighted by molar-refractivity contribution is 7.88. The molecule has 1 aromatic carbocycles. The van der Waals surface area contributed by atoms with E-state index in [1.54, 1.807) is 47.1 Å². The average Bonchev–Trinajstić information content (AvgIpc) is 3.18. The largest absolute Gasteiger partial charge is 0.534 e. The molecule has 3 aromatic heterocycles. The first-order valence-electron chi connectivity index (χ1n) is 10.1. The summed E-state index contributed by atoms with van der Waals surface area (Å²) in [5, 5.41) is 0.414. The number of aromatic nitrogens is 3. The Bertz CT molecular complexity index is 1500. The van der Waals surface area contributed by atoms with Crippen LogP contribution < -0.4 is 8.92 Å². The highest BCUT2D eigenvalue weighted by Crippen LogP contribution is 2.33. The van der Waals surface area contributed by atoms with Gasteiger partial charge in [0, 0.05) is 23.1 Å². The molecule has 1 fully saturated rings. The molecule has 0 aliphatic carbocycles. The highest BCUT2D eigenvalue weighted by Gasteiger charge is 2.48. The fourth-order valence-electron chi connectivity index (χ4n) is 3.53. The third-order valence-corrected chi connectivity index (χ3v) is 6.37. The molecule has 178 valence electrons. The second kappa shape index (κ2) is 7.84. The summed E-state index contributed by atoms with van der Waals surface area (Å²) in [6.45, 7) is 3.87. The van der Waals surface area contributed by atoms with E-state index in [1.165, 1.54) is 6.07 Å². The van der Waals surface area contributed by atoms with Crippen LogP contribution >= 0.6 is 0 Å². The van der Waals surface area contributed by atoms with Gasteiger partial charge in [-0.15, -0.1) is 0 Å². The average molecular weight is 493 g/mol. The van der Waals surface area contributed by atoms with E-state index in [0.29, 0.717) is 48.0 Å². The molecule has 1 aliphatic heterocycles. The number of halogens is 3. The molecule has 0 bridgehead atoms. The Hall–Kier alpha value is -3.38. The number of benzene rings is 1. The van der Waals surface area contributed by atoms with Gasteiger partial charge >= 0.3 is 15.6 Å². The summed E-state index contributed by atoms with van der Waals surface area (Å²) in [4.78, 5) is 8.75. The van der Waals surface area contributed by atoms with Gasteiger partial charge < -0.3 is 13.7 Å². The maximum atomic E-state index is 12.8. The van der Waals surface area contributed by atoms with Crippen LogP contribution in [-0.4, -0.2) is 48.1 Å². The van der Waals surface area contributed by atoms with E-state index in [9.17, 15) is 21.6 Å². The lowest BCUT2D eigenvalue weighted by molar-refractivity contribution is -0.120. The minimum atomic E-state index is -5.84. The van der Waals surface area contributed by atoms with E-state index < -0.39 is 21.4 Å². The summed E-state index contributed by atoms with van der Waals surface area (Å²) < 4.78 is 78.7. The van der Waals surface area contributed by atoms with E-state index in [4.69, 9.17) is 9.47 Å². The summed E-state index contributed by atoms with van der Waals surface area (Å²) in [5.41, 5.74) is -4.10. The van der Waals surface area contributed by atoms with Crippen molar-refractivity contribution in [2.24, 2.45) is 5.41 Å². The van der Waals surface area contributed by atoms with Gasteiger partial charge in [0.1, 0.15) is 16.9 Å². The molecule has 0 amide bonds. The predicted octanol–water partition coefficient (Wildman–Crippen LogP) is 4.19. The number of rotatable bonds is 6. The van der Waals surface area contributed by atoms with Crippen molar-refractivity contribution >= 4 is 26.7 Å². The first-order valence-corrected chi connectivity index (χ1v) is 11.5. The zero-order chi connectivity index (χ0) is 24.1. The number of para-hydroxylation sites is 1. The van der Waals surface area contributed by atoms with Crippen LogP contribution in [0.15, 0.2) is 54.9 Å².